The summed E-state index contributed by atoms with van der Waals surface area (Å²) in [4.78, 5) is 0. The third kappa shape index (κ3) is 3.35. The molecule has 6 aliphatic rings. The van der Waals surface area contributed by atoms with Crippen molar-refractivity contribution in [2.45, 2.75) is 82.9 Å². The Morgan fingerprint density at radius 3 is 2.76 bits per heavy atom. The summed E-state index contributed by atoms with van der Waals surface area (Å²) in [6.45, 7) is 0. The summed E-state index contributed by atoms with van der Waals surface area (Å²) in [6, 6.07) is 0. The van der Waals surface area contributed by atoms with Crippen LogP contribution in [0.2, 0.25) is 5.82 Å². The molecular weight excluding hydrogens is 347 g/mol. The Bertz CT molecular complexity index is 767. The van der Waals surface area contributed by atoms with Gasteiger partial charge in [-0.2, -0.15) is 0 Å². The van der Waals surface area contributed by atoms with Crippen molar-refractivity contribution in [1.29, 1.82) is 0 Å². The van der Waals surface area contributed by atoms with Crippen molar-refractivity contribution in [3.05, 3.63) is 47.1 Å². The molecule has 2 radical (unpaired) electrons. The molecular formula is C28H37B. The normalized spacial score (nSPS) is 46.3. The van der Waals surface area contributed by atoms with E-state index in [0.29, 0.717) is 5.82 Å². The summed E-state index contributed by atoms with van der Waals surface area (Å²) in [5, 5.41) is 0. The van der Waals surface area contributed by atoms with Gasteiger partial charge in [0.1, 0.15) is 0 Å². The molecule has 0 nitrogen and oxygen atoms in total. The maximum Gasteiger partial charge on any atom is 0.0699 e. The Hall–Kier alpha value is -0.975. The van der Waals surface area contributed by atoms with Crippen LogP contribution in [0.3, 0.4) is 0 Å². The predicted octanol–water partition coefficient (Wildman–Crippen LogP) is 7.36. The van der Waals surface area contributed by atoms with E-state index in [1.165, 1.54) is 77.0 Å². The maximum atomic E-state index is 6.41. The Balaban J connectivity index is 1.23. The summed E-state index contributed by atoms with van der Waals surface area (Å²) >= 11 is 0. The highest BCUT2D eigenvalue weighted by molar-refractivity contribution is 6.11. The minimum absolute atomic E-state index is 0.442. The topological polar surface area (TPSA) is 0 Å². The van der Waals surface area contributed by atoms with Crippen LogP contribution >= 0.6 is 0 Å². The van der Waals surface area contributed by atoms with Gasteiger partial charge in [0.25, 0.3) is 0 Å². The molecule has 0 saturated heterocycles. The van der Waals surface area contributed by atoms with E-state index in [1.807, 2.05) is 11.1 Å². The molecule has 8 unspecified atom stereocenters. The lowest BCUT2D eigenvalue weighted by Crippen LogP contribution is -2.35. The molecule has 0 spiro atoms. The Labute approximate surface area is 179 Å². The van der Waals surface area contributed by atoms with Gasteiger partial charge in [-0.1, -0.05) is 66.6 Å². The molecule has 0 aromatic carbocycles. The minimum atomic E-state index is 0.442. The zero-order chi connectivity index (χ0) is 19.4. The van der Waals surface area contributed by atoms with Crippen LogP contribution in [0.1, 0.15) is 77.0 Å². The van der Waals surface area contributed by atoms with Gasteiger partial charge in [0.05, 0.1) is 7.85 Å². The molecule has 0 heterocycles. The van der Waals surface area contributed by atoms with Crippen molar-refractivity contribution in [1.82, 2.24) is 0 Å². The van der Waals surface area contributed by atoms with Gasteiger partial charge in [-0.25, -0.2) is 0 Å². The van der Waals surface area contributed by atoms with E-state index in [1.54, 1.807) is 5.57 Å². The fraction of sp³-hybridized carbons (Fsp3) is 0.714. The predicted molar refractivity (Wildman–Crippen MR) is 123 cm³/mol. The van der Waals surface area contributed by atoms with Crippen LogP contribution in [0.4, 0.5) is 0 Å². The molecule has 0 bridgehead atoms. The van der Waals surface area contributed by atoms with Gasteiger partial charge < -0.3 is 0 Å². The van der Waals surface area contributed by atoms with E-state index in [9.17, 15) is 0 Å². The molecule has 152 valence electrons. The van der Waals surface area contributed by atoms with Gasteiger partial charge in [0.15, 0.2) is 0 Å². The summed E-state index contributed by atoms with van der Waals surface area (Å²) in [6.07, 6.45) is 29.3. The lowest BCUT2D eigenvalue weighted by molar-refractivity contribution is 0.203. The maximum absolute atomic E-state index is 6.41. The lowest BCUT2D eigenvalue weighted by Gasteiger charge is -2.47. The quantitative estimate of drug-likeness (QED) is 0.327. The van der Waals surface area contributed by atoms with Gasteiger partial charge in [-0.3, -0.25) is 0 Å². The number of hydrogen-bond acceptors (Lipinski definition) is 0. The van der Waals surface area contributed by atoms with Crippen LogP contribution in [0.15, 0.2) is 47.1 Å². The number of allylic oxidation sites excluding steroid dienone is 8. The average Bonchev–Trinajstić information content (AvgIpc) is 2.78. The Morgan fingerprint density at radius 1 is 0.828 bits per heavy atom. The van der Waals surface area contributed by atoms with Crippen LogP contribution in [0.25, 0.3) is 0 Å². The van der Waals surface area contributed by atoms with E-state index >= 15 is 0 Å². The molecule has 8 atom stereocenters. The van der Waals surface area contributed by atoms with Crippen molar-refractivity contribution in [3.8, 4) is 0 Å². The highest BCUT2D eigenvalue weighted by Crippen LogP contribution is 2.55. The van der Waals surface area contributed by atoms with Gasteiger partial charge >= 0.3 is 0 Å². The minimum Gasteiger partial charge on any atom is -0.0882 e. The van der Waals surface area contributed by atoms with Crippen LogP contribution < -0.4 is 0 Å². The van der Waals surface area contributed by atoms with Crippen molar-refractivity contribution in [2.24, 2.45) is 41.4 Å². The van der Waals surface area contributed by atoms with Crippen LogP contribution in [0.5, 0.6) is 0 Å². The summed E-state index contributed by atoms with van der Waals surface area (Å²) in [5.41, 5.74) is 5.47. The monoisotopic (exact) mass is 384 g/mol. The first-order valence-corrected chi connectivity index (χ1v) is 12.8. The van der Waals surface area contributed by atoms with Gasteiger partial charge in [0.2, 0.25) is 0 Å². The van der Waals surface area contributed by atoms with Crippen LogP contribution in [-0.4, -0.2) is 7.85 Å². The highest BCUT2D eigenvalue weighted by atomic mass is 14.5. The molecule has 0 aliphatic heterocycles. The molecule has 6 rings (SSSR count). The number of fused-ring (bicyclic) bond motifs is 5. The molecule has 0 amide bonds. The first-order chi connectivity index (χ1) is 14.3. The molecule has 2 fully saturated rings. The molecule has 0 aromatic heterocycles. The first kappa shape index (κ1) is 18.8. The Kier molecular flexibility index (Phi) is 4.93. The lowest BCUT2D eigenvalue weighted by atomic mass is 9.56. The van der Waals surface area contributed by atoms with Gasteiger partial charge in [-0.15, -0.1) is 0 Å². The molecule has 6 aliphatic carbocycles. The number of rotatable bonds is 1. The standard InChI is InChI=1S/C28H37B/c29-24-12-9-20-11-13-25-26(28(20)17-24)14-10-19-6-8-23(16-27(19)25)22-7-5-18-3-1-2-4-21(18)15-22/h2,4,7,10,14,18-21,23-24,27-28H,1,3,5-6,8-9,11-13,15-17H2. The second kappa shape index (κ2) is 7.62. The van der Waals surface area contributed by atoms with E-state index in [4.69, 9.17) is 7.85 Å². The molecule has 1 heteroatoms. The zero-order valence-electron chi connectivity index (χ0n) is 18.1. The van der Waals surface area contributed by atoms with E-state index in [-0.39, 0.29) is 0 Å². The van der Waals surface area contributed by atoms with E-state index in [2.05, 4.69) is 30.4 Å². The largest absolute Gasteiger partial charge is 0.0882 e. The molecule has 29 heavy (non-hydrogen) atoms. The Morgan fingerprint density at radius 2 is 1.79 bits per heavy atom. The highest BCUT2D eigenvalue weighted by Gasteiger charge is 2.42. The summed E-state index contributed by atoms with van der Waals surface area (Å²) in [5.74, 6) is 6.46. The molecule has 2 saturated carbocycles. The van der Waals surface area contributed by atoms with Crippen molar-refractivity contribution < 1.29 is 0 Å². The third-order valence-electron chi connectivity index (χ3n) is 9.83. The number of hydrogen-bond donors (Lipinski definition) is 0. The fourth-order valence-corrected chi connectivity index (χ4v) is 8.21. The summed E-state index contributed by atoms with van der Waals surface area (Å²) < 4.78 is 0. The zero-order valence-corrected chi connectivity index (χ0v) is 18.1. The molecule has 0 N–H and O–H groups in total. The van der Waals surface area contributed by atoms with Crippen molar-refractivity contribution in [2.75, 3.05) is 0 Å². The first-order valence-electron chi connectivity index (χ1n) is 12.8. The fourth-order valence-electron chi connectivity index (χ4n) is 8.21. The van der Waals surface area contributed by atoms with Gasteiger partial charge in [-0.05, 0) is 105 Å². The second-order valence-corrected chi connectivity index (χ2v) is 11.2. The smallest absolute Gasteiger partial charge is 0.0699 e. The van der Waals surface area contributed by atoms with Crippen LogP contribution in [-0.2, 0) is 0 Å². The summed E-state index contributed by atoms with van der Waals surface area (Å²) in [7, 11) is 6.41. The van der Waals surface area contributed by atoms with Crippen molar-refractivity contribution >= 4 is 7.85 Å². The van der Waals surface area contributed by atoms with E-state index in [0.717, 1.165) is 41.4 Å². The van der Waals surface area contributed by atoms with E-state index < -0.39 is 0 Å². The second-order valence-electron chi connectivity index (χ2n) is 11.2. The average molecular weight is 384 g/mol. The molecule has 0 aromatic rings. The van der Waals surface area contributed by atoms with Crippen molar-refractivity contribution in [3.63, 3.8) is 0 Å². The van der Waals surface area contributed by atoms with Crippen LogP contribution in [0, 0.1) is 41.4 Å². The SMILES string of the molecule is [B]C1CCC2CCC3=C(C=CC4CCC(C5=CCC6CCC=CC6C5)CC34)C2C1. The third-order valence-corrected chi connectivity index (χ3v) is 9.83. The van der Waals surface area contributed by atoms with Gasteiger partial charge in [0, 0.05) is 0 Å².